The number of carbonyl (C=O) groups is 2. The minimum Gasteiger partial charge on any atom is 0 e. The molecule has 5 N–H and O–H groups in total. The van der Waals surface area contributed by atoms with Crippen LogP contribution < -0.4 is 11.5 Å². The van der Waals surface area contributed by atoms with Crippen molar-refractivity contribution in [3.05, 3.63) is 20.8 Å². The molecule has 13 heteroatoms. The second-order valence-corrected chi connectivity index (χ2v) is 13.9. The maximum absolute atomic E-state index is 9.53. The zero-order chi connectivity index (χ0) is 16.7. The topological polar surface area (TPSA) is 123 Å². The summed E-state index contributed by atoms with van der Waals surface area (Å²) in [5.41, 5.74) is 9.56. The summed E-state index contributed by atoms with van der Waals surface area (Å²) in [5, 5.41) is 7.66. The van der Waals surface area contributed by atoms with Gasteiger partial charge in [-0.1, -0.05) is 6.42 Å². The molecular formula is C10H20I2N2O4VY4-4. The fraction of sp³-hybridized carbons (Fsp3) is 0.400. The predicted octanol–water partition coefficient (Wildman–Crippen LogP) is 1.65. The number of carboxylic acids is 1. The number of carboxylic acid groups (broad SMARTS) is 1. The van der Waals surface area contributed by atoms with Gasteiger partial charge in [-0.15, -0.1) is 6.42 Å². The van der Waals surface area contributed by atoms with Crippen LogP contribution in [0.5, 0.6) is 0 Å². The third kappa shape index (κ3) is 168. The van der Waals surface area contributed by atoms with Crippen molar-refractivity contribution in [1.82, 2.24) is 0 Å². The quantitative estimate of drug-likeness (QED) is 0.226. The maximum Gasteiger partial charge on any atom is 0 e. The number of rotatable bonds is 3. The second-order valence-electron chi connectivity index (χ2n) is 2.07. The number of hydrogen-bond donors (Lipinski definition) is 3. The summed E-state index contributed by atoms with van der Waals surface area (Å²) in [7, 11) is 0.628. The average molecular weight is 893 g/mol. The molecular weight excluding hydrogens is 872 g/mol. The van der Waals surface area contributed by atoms with Crippen LogP contribution in [0.1, 0.15) is 19.3 Å². The zero-order valence-corrected chi connectivity index (χ0v) is 29.9. The summed E-state index contributed by atoms with van der Waals surface area (Å²) in [6.45, 7) is 13.7. The third-order valence-electron chi connectivity index (χ3n) is 0.664. The van der Waals surface area contributed by atoms with E-state index in [0.29, 0.717) is 16.0 Å². The molecule has 0 aliphatic carbocycles. The van der Waals surface area contributed by atoms with Crippen molar-refractivity contribution in [3.63, 3.8) is 0 Å². The number of amides is 1. The van der Waals surface area contributed by atoms with E-state index in [9.17, 15) is 9.59 Å². The van der Waals surface area contributed by atoms with Gasteiger partial charge >= 0.3 is 49.4 Å². The predicted molar refractivity (Wildman–Crippen MR) is 90.6 cm³/mol. The normalized spacial score (nSPS) is 5.30. The molecule has 0 aromatic rings. The molecule has 0 bridgehead atoms. The van der Waals surface area contributed by atoms with Gasteiger partial charge in [-0.25, -0.2) is 0 Å². The van der Waals surface area contributed by atoms with Gasteiger partial charge in [0.15, 0.2) is 5.91 Å². The smallest absolute Gasteiger partial charge is 0 e. The Morgan fingerprint density at radius 2 is 1.13 bits per heavy atom. The first-order chi connectivity index (χ1) is 8.87. The maximum atomic E-state index is 9.53. The second kappa shape index (κ2) is 71.3. The fourth-order valence-corrected chi connectivity index (χ4v) is 0. The number of hydrogen-bond acceptors (Lipinski definition) is 4. The van der Waals surface area contributed by atoms with E-state index >= 15 is 0 Å². The summed E-state index contributed by atoms with van der Waals surface area (Å²) in [5.74, 6) is -1.21. The van der Waals surface area contributed by atoms with Crippen LogP contribution in [-0.4, -0.2) is 30.3 Å². The first-order valence-corrected chi connectivity index (χ1v) is 13.6. The molecule has 129 valence electrons. The molecule has 1 amide bonds. The molecule has 0 aromatic heterocycles. The molecule has 0 fully saturated rings. The van der Waals surface area contributed by atoms with E-state index in [1.54, 1.807) is 0 Å². The Morgan fingerprint density at radius 1 is 1.00 bits per heavy atom. The molecule has 0 saturated carbocycles. The van der Waals surface area contributed by atoms with Gasteiger partial charge in [-0.3, -0.25) is 16.4 Å². The van der Waals surface area contributed by atoms with E-state index in [1.165, 1.54) is 0 Å². The summed E-state index contributed by atoms with van der Waals surface area (Å²) in [4.78, 5) is 26.6. The van der Waals surface area contributed by atoms with Gasteiger partial charge in [0.25, 0.3) is 5.97 Å². The fourth-order valence-electron chi connectivity index (χ4n) is 0. The van der Waals surface area contributed by atoms with Gasteiger partial charge in [0.1, 0.15) is 0 Å². The van der Waals surface area contributed by atoms with Gasteiger partial charge < -0.3 is 42.1 Å². The van der Waals surface area contributed by atoms with Gasteiger partial charge in [0.2, 0.25) is 0 Å². The molecule has 0 spiro atoms. The molecule has 0 aliphatic heterocycles. The molecule has 0 heterocycles. The van der Waals surface area contributed by atoms with Crippen LogP contribution in [0.3, 0.4) is 0 Å². The van der Waals surface area contributed by atoms with Gasteiger partial charge in [-0.05, 0) is 6.54 Å². The average Bonchev–Trinajstić information content (AvgIpc) is 2.42. The first kappa shape index (κ1) is 56.6. The number of primary amides is 1. The largest absolute Gasteiger partial charge is 0 e. The Bertz CT molecular complexity index is 177. The summed E-state index contributed by atoms with van der Waals surface area (Å²) >= 11 is 4.74. The zero-order valence-electron chi connectivity index (χ0n) is 12.9. The van der Waals surface area contributed by atoms with E-state index < -0.39 is 5.97 Å². The molecule has 0 saturated heterocycles. The van der Waals surface area contributed by atoms with E-state index in [-0.39, 0.29) is 150 Å². The summed E-state index contributed by atoms with van der Waals surface area (Å²) < 4.78 is 0. The standard InChI is InChI=1S/C3H6NO.C3H8N.C3H5O2.CHO.2HI.V.4Y/c1-2-3(4)5;1-2-3-4;1-2-3(4)5;1-2;;;;;;;/h1-2H2,(H2,4,5);1-4H2;1-2H2,(H,4,5);1H;2*1H;;;;;/q4*-1;;;+2;;;;/p-2. The van der Waals surface area contributed by atoms with E-state index in [4.69, 9.17) is 15.6 Å². The Balaban J connectivity index is -0.0000000150. The minimum atomic E-state index is -0.856. The van der Waals surface area contributed by atoms with Crippen molar-refractivity contribution in [2.75, 3.05) is 6.54 Å². The van der Waals surface area contributed by atoms with Crippen molar-refractivity contribution in [2.24, 2.45) is 11.5 Å². The molecule has 0 aromatic carbocycles. The van der Waals surface area contributed by atoms with Crippen LogP contribution in [0, 0.1) is 20.8 Å². The molecule has 0 unspecified atom stereocenters. The Labute approximate surface area is 270 Å². The van der Waals surface area contributed by atoms with Crippen LogP contribution in [0.15, 0.2) is 0 Å². The molecule has 0 aliphatic rings. The van der Waals surface area contributed by atoms with Crippen LogP contribution in [0.4, 0.5) is 0 Å². The summed E-state index contributed by atoms with van der Waals surface area (Å²) in [6, 6.07) is 0. The van der Waals surface area contributed by atoms with E-state index in [1.807, 2.05) is 0 Å². The Morgan fingerprint density at radius 3 is 1.13 bits per heavy atom. The molecule has 0 atom stereocenters. The van der Waals surface area contributed by atoms with Crippen LogP contribution in [-0.2, 0) is 155 Å². The van der Waals surface area contributed by atoms with Gasteiger partial charge in [-0.2, -0.15) is 6.42 Å². The third-order valence-corrected chi connectivity index (χ3v) is 0.664. The summed E-state index contributed by atoms with van der Waals surface area (Å²) in [6.07, 6.45) is 1.01. The number of aliphatic carboxylic acids is 1. The van der Waals surface area contributed by atoms with Crippen molar-refractivity contribution < 1.29 is 160 Å². The monoisotopic (exact) mass is 893 g/mol. The number of nitrogens with two attached hydrogens (primary N) is 2. The van der Waals surface area contributed by atoms with E-state index in [0.717, 1.165) is 6.42 Å². The molecule has 0 rings (SSSR count). The van der Waals surface area contributed by atoms with E-state index in [2.05, 4.69) is 73.3 Å². The SMILES string of the molecule is [CH-]=O.[CH2-]CC(=O)O.[CH2-]CC(N)=O.[CH2-]CCN.[I][V][I].[Y].[Y].[Y].[Y]. The molecule has 6 nitrogen and oxygen atoms in total. The van der Waals surface area contributed by atoms with Crippen molar-refractivity contribution in [3.8, 4) is 0 Å². The van der Waals surface area contributed by atoms with Gasteiger partial charge in [0.05, 0.1) is 0 Å². The molecule has 23 heavy (non-hydrogen) atoms. The van der Waals surface area contributed by atoms with Crippen LogP contribution in [0.25, 0.3) is 0 Å². The van der Waals surface area contributed by atoms with Crippen LogP contribution in [0.2, 0.25) is 0 Å². The molecule has 4 radical (unpaired) electrons. The van der Waals surface area contributed by atoms with Gasteiger partial charge in [0, 0.05) is 131 Å². The van der Waals surface area contributed by atoms with Crippen molar-refractivity contribution in [1.29, 1.82) is 0 Å². The number of halogens is 2. The van der Waals surface area contributed by atoms with Crippen LogP contribution >= 0.6 is 40.0 Å². The first-order valence-electron chi connectivity index (χ1n) is 4.61. The number of carbonyl (C=O) groups excluding carboxylic acids is 2. The van der Waals surface area contributed by atoms with Crippen molar-refractivity contribution >= 4 is 58.6 Å². The van der Waals surface area contributed by atoms with Crippen molar-refractivity contribution in [2.45, 2.75) is 19.3 Å². The Kier molecular flexibility index (Phi) is 175. The minimum absolute atomic E-state index is 0. The Hall–Kier alpha value is 5.03.